The minimum Gasteiger partial charge on any atom is -0.338 e. The first-order valence-corrected chi connectivity index (χ1v) is 12.5. The predicted octanol–water partition coefficient (Wildman–Crippen LogP) is 8.81. The van der Waals surface area contributed by atoms with Crippen LogP contribution >= 0.6 is 11.6 Å². The first-order chi connectivity index (χ1) is 14.6. The molecule has 0 aliphatic heterocycles. The minimum atomic E-state index is -0.182. The van der Waals surface area contributed by atoms with Crippen LogP contribution in [0.3, 0.4) is 0 Å². The minimum absolute atomic E-state index is 0.182. The van der Waals surface area contributed by atoms with E-state index in [1.165, 1.54) is 83.5 Å². The molecule has 30 heavy (non-hydrogen) atoms. The summed E-state index contributed by atoms with van der Waals surface area (Å²) in [5.41, 5.74) is 1.66. The molecule has 0 heterocycles. The molecule has 0 radical (unpaired) electrons. The number of hydrogen-bond acceptors (Lipinski definition) is 1. The van der Waals surface area contributed by atoms with Crippen molar-refractivity contribution in [1.29, 1.82) is 0 Å². The van der Waals surface area contributed by atoms with Crippen molar-refractivity contribution in [3.05, 3.63) is 40.9 Å². The molecule has 0 saturated heterocycles. The number of nitrogens with one attached hydrogen (secondary N) is 2. The highest BCUT2D eigenvalue weighted by Crippen LogP contribution is 2.24. The lowest BCUT2D eigenvalue weighted by Gasteiger charge is -2.11. The Hall–Kier alpha value is -1.48. The van der Waals surface area contributed by atoms with Crippen LogP contribution in [-0.2, 0) is 0 Å². The van der Waals surface area contributed by atoms with E-state index in [2.05, 4.69) is 29.7 Å². The lowest BCUT2D eigenvalue weighted by molar-refractivity contribution is 0.252. The molecule has 1 aromatic carbocycles. The van der Waals surface area contributed by atoms with Crippen LogP contribution < -0.4 is 10.6 Å². The van der Waals surface area contributed by atoms with Gasteiger partial charge in [-0.2, -0.15) is 0 Å². The molecule has 0 spiro atoms. The monoisotopic (exact) mass is 434 g/mol. The Bertz CT molecular complexity index is 580. The normalized spacial score (nSPS) is 11.2. The van der Waals surface area contributed by atoms with Gasteiger partial charge in [0.25, 0.3) is 0 Å². The summed E-state index contributed by atoms with van der Waals surface area (Å²) in [4.78, 5) is 12.0. The quantitative estimate of drug-likeness (QED) is 0.186. The average Bonchev–Trinajstić information content (AvgIpc) is 2.73. The molecule has 0 unspecified atom stereocenters. The molecule has 2 N–H and O–H groups in total. The maximum absolute atomic E-state index is 12.0. The number of para-hydroxylation sites is 1. The number of anilines is 1. The number of benzene rings is 1. The molecule has 4 heteroatoms. The van der Waals surface area contributed by atoms with Crippen LogP contribution in [-0.4, -0.2) is 12.6 Å². The number of rotatable bonds is 17. The molecule has 0 atom stereocenters. The highest BCUT2D eigenvalue weighted by molar-refractivity contribution is 6.33. The number of amides is 2. The van der Waals surface area contributed by atoms with E-state index in [0.717, 1.165) is 12.0 Å². The van der Waals surface area contributed by atoms with Crippen LogP contribution in [0.2, 0.25) is 5.02 Å². The SMILES string of the molecule is CCCCCCCC/C=C\CCCCCCCCNC(=O)Nc1c(C)cccc1Cl. The van der Waals surface area contributed by atoms with Gasteiger partial charge in [0.1, 0.15) is 0 Å². The number of unbranched alkanes of at least 4 members (excludes halogenated alkanes) is 12. The summed E-state index contributed by atoms with van der Waals surface area (Å²) in [6, 6.07) is 5.43. The summed E-state index contributed by atoms with van der Waals surface area (Å²) < 4.78 is 0. The van der Waals surface area contributed by atoms with Crippen molar-refractivity contribution >= 4 is 23.3 Å². The third-order valence-electron chi connectivity index (χ3n) is 5.43. The van der Waals surface area contributed by atoms with Gasteiger partial charge in [0.15, 0.2) is 0 Å². The van der Waals surface area contributed by atoms with Gasteiger partial charge < -0.3 is 10.6 Å². The standard InChI is InChI=1S/C26H43ClN2O/c1-3-4-5-6-7-8-9-10-11-12-13-14-15-16-17-18-22-28-26(30)29-25-23(2)20-19-21-24(25)27/h10-11,19-21H,3-9,12-18,22H2,1-2H3,(H2,28,29,30)/b11-10-. The molecule has 0 fully saturated rings. The zero-order chi connectivity index (χ0) is 21.9. The van der Waals surface area contributed by atoms with Crippen molar-refractivity contribution < 1.29 is 4.79 Å². The second-order valence-corrected chi connectivity index (χ2v) is 8.66. The lowest BCUT2D eigenvalue weighted by atomic mass is 10.1. The number of carbonyl (C=O) groups is 1. The van der Waals surface area contributed by atoms with Crippen LogP contribution in [0.25, 0.3) is 0 Å². The topological polar surface area (TPSA) is 41.1 Å². The Morgan fingerprint density at radius 1 is 0.867 bits per heavy atom. The second-order valence-electron chi connectivity index (χ2n) is 8.25. The van der Waals surface area contributed by atoms with Gasteiger partial charge in [-0.05, 0) is 50.7 Å². The fraction of sp³-hybridized carbons (Fsp3) is 0.654. The third kappa shape index (κ3) is 13.7. The molecular formula is C26H43ClN2O. The molecular weight excluding hydrogens is 392 g/mol. The Kier molecular flexibility index (Phi) is 16.2. The molecule has 1 rings (SSSR count). The van der Waals surface area contributed by atoms with Gasteiger partial charge in [-0.15, -0.1) is 0 Å². The average molecular weight is 435 g/mol. The highest BCUT2D eigenvalue weighted by atomic mass is 35.5. The Morgan fingerprint density at radius 2 is 1.43 bits per heavy atom. The van der Waals surface area contributed by atoms with Gasteiger partial charge >= 0.3 is 6.03 Å². The highest BCUT2D eigenvalue weighted by Gasteiger charge is 2.07. The summed E-state index contributed by atoms with van der Waals surface area (Å²) in [7, 11) is 0. The largest absolute Gasteiger partial charge is 0.338 e. The van der Waals surface area contributed by atoms with Crippen LogP contribution in [0.15, 0.2) is 30.4 Å². The maximum Gasteiger partial charge on any atom is 0.319 e. The number of urea groups is 1. The van der Waals surface area contributed by atoms with E-state index in [4.69, 9.17) is 11.6 Å². The van der Waals surface area contributed by atoms with Crippen LogP contribution in [0.1, 0.15) is 102 Å². The molecule has 0 aromatic heterocycles. The number of aryl methyl sites for hydroxylation is 1. The fourth-order valence-corrected chi connectivity index (χ4v) is 3.79. The van der Waals surface area contributed by atoms with Gasteiger partial charge in [0.2, 0.25) is 0 Å². The molecule has 1 aromatic rings. The number of hydrogen-bond donors (Lipinski definition) is 2. The first kappa shape index (κ1) is 26.6. The van der Waals surface area contributed by atoms with Gasteiger partial charge in [-0.25, -0.2) is 4.79 Å². The summed E-state index contributed by atoms with van der Waals surface area (Å²) in [6.45, 7) is 4.91. The van der Waals surface area contributed by atoms with Gasteiger partial charge in [-0.1, -0.05) is 101 Å². The van der Waals surface area contributed by atoms with Gasteiger partial charge in [0.05, 0.1) is 10.7 Å². The third-order valence-corrected chi connectivity index (χ3v) is 5.75. The Labute approximate surface area is 190 Å². The van der Waals surface area contributed by atoms with E-state index >= 15 is 0 Å². The summed E-state index contributed by atoms with van der Waals surface area (Å²) in [6.07, 6.45) is 22.8. The summed E-state index contributed by atoms with van der Waals surface area (Å²) in [5, 5.41) is 6.33. The van der Waals surface area contributed by atoms with Crippen molar-refractivity contribution in [2.45, 2.75) is 104 Å². The van der Waals surface area contributed by atoms with Crippen LogP contribution in [0.4, 0.5) is 10.5 Å². The zero-order valence-corrected chi connectivity index (χ0v) is 20.0. The molecule has 0 aliphatic rings. The summed E-state index contributed by atoms with van der Waals surface area (Å²) >= 11 is 6.13. The number of allylic oxidation sites excluding steroid dienone is 2. The van der Waals surface area contributed by atoms with E-state index in [0.29, 0.717) is 17.3 Å². The van der Waals surface area contributed by atoms with E-state index in [1.807, 2.05) is 19.1 Å². The predicted molar refractivity (Wildman–Crippen MR) is 133 cm³/mol. The van der Waals surface area contributed by atoms with Crippen molar-refractivity contribution in [1.82, 2.24) is 5.32 Å². The van der Waals surface area contributed by atoms with Crippen molar-refractivity contribution in [2.75, 3.05) is 11.9 Å². The number of halogens is 1. The Morgan fingerprint density at radius 3 is 2.03 bits per heavy atom. The van der Waals surface area contributed by atoms with E-state index in [-0.39, 0.29) is 6.03 Å². The van der Waals surface area contributed by atoms with Crippen molar-refractivity contribution in [3.8, 4) is 0 Å². The maximum atomic E-state index is 12.0. The van der Waals surface area contributed by atoms with E-state index in [9.17, 15) is 4.79 Å². The molecule has 2 amide bonds. The molecule has 0 saturated carbocycles. The first-order valence-electron chi connectivity index (χ1n) is 12.1. The van der Waals surface area contributed by atoms with Gasteiger partial charge in [0, 0.05) is 6.54 Å². The molecule has 170 valence electrons. The molecule has 3 nitrogen and oxygen atoms in total. The van der Waals surface area contributed by atoms with Crippen LogP contribution in [0.5, 0.6) is 0 Å². The van der Waals surface area contributed by atoms with E-state index in [1.54, 1.807) is 6.07 Å². The molecule has 0 bridgehead atoms. The smallest absolute Gasteiger partial charge is 0.319 e. The van der Waals surface area contributed by atoms with Crippen molar-refractivity contribution in [2.24, 2.45) is 0 Å². The summed E-state index contributed by atoms with van der Waals surface area (Å²) in [5.74, 6) is 0. The van der Waals surface area contributed by atoms with E-state index < -0.39 is 0 Å². The lowest BCUT2D eigenvalue weighted by Crippen LogP contribution is -2.29. The Balaban J connectivity index is 1.88. The molecule has 0 aliphatic carbocycles. The second kappa shape index (κ2) is 18.3. The number of carbonyl (C=O) groups excluding carboxylic acids is 1. The fourth-order valence-electron chi connectivity index (χ4n) is 3.52. The van der Waals surface area contributed by atoms with Crippen LogP contribution in [0, 0.1) is 6.92 Å². The van der Waals surface area contributed by atoms with Crippen molar-refractivity contribution in [3.63, 3.8) is 0 Å². The zero-order valence-electron chi connectivity index (χ0n) is 19.3. The van der Waals surface area contributed by atoms with Gasteiger partial charge in [-0.3, -0.25) is 0 Å².